The van der Waals surface area contributed by atoms with Crippen LogP contribution in [0.5, 0.6) is 0 Å². The number of hydrogen-bond donors (Lipinski definition) is 2. The highest BCUT2D eigenvalue weighted by molar-refractivity contribution is 5.69. The molecule has 4 nitrogen and oxygen atoms in total. The molecular formula is C15H28N2O2. The Kier molecular flexibility index (Phi) is 4.39. The van der Waals surface area contributed by atoms with Crippen LogP contribution in [-0.2, 0) is 4.74 Å². The molecule has 0 heterocycles. The topological polar surface area (TPSA) is 50.4 Å². The number of amides is 1. The largest absolute Gasteiger partial charge is 0.444 e. The van der Waals surface area contributed by atoms with Gasteiger partial charge in [0.2, 0.25) is 0 Å². The minimum Gasteiger partial charge on any atom is -0.444 e. The van der Waals surface area contributed by atoms with Crippen molar-refractivity contribution in [2.45, 2.75) is 82.9 Å². The first kappa shape index (κ1) is 14.6. The van der Waals surface area contributed by atoms with Gasteiger partial charge in [-0.05, 0) is 52.9 Å². The first-order chi connectivity index (χ1) is 8.89. The van der Waals surface area contributed by atoms with Gasteiger partial charge in [-0.25, -0.2) is 4.79 Å². The molecule has 0 atom stereocenters. The maximum absolute atomic E-state index is 11.9. The van der Waals surface area contributed by atoms with E-state index in [0.717, 1.165) is 19.4 Å². The molecule has 0 aromatic carbocycles. The number of nitrogens with one attached hydrogen (secondary N) is 2. The predicted molar refractivity (Wildman–Crippen MR) is 76.2 cm³/mol. The highest BCUT2D eigenvalue weighted by Gasteiger charge is 2.39. The van der Waals surface area contributed by atoms with Gasteiger partial charge in [-0.15, -0.1) is 0 Å². The Morgan fingerprint density at radius 3 is 2.32 bits per heavy atom. The summed E-state index contributed by atoms with van der Waals surface area (Å²) in [5.41, 5.74) is -0.487. The lowest BCUT2D eigenvalue weighted by Crippen LogP contribution is -2.60. The Morgan fingerprint density at radius 1 is 1.21 bits per heavy atom. The Bertz CT molecular complexity index is 313. The third-order valence-electron chi connectivity index (χ3n) is 4.16. The summed E-state index contributed by atoms with van der Waals surface area (Å²) in [7, 11) is 0. The highest BCUT2D eigenvalue weighted by atomic mass is 16.6. The molecule has 2 aliphatic carbocycles. The number of ether oxygens (including phenoxy) is 1. The zero-order valence-electron chi connectivity index (χ0n) is 12.6. The van der Waals surface area contributed by atoms with Crippen LogP contribution in [0.15, 0.2) is 0 Å². The molecule has 4 heteroatoms. The van der Waals surface area contributed by atoms with Crippen molar-refractivity contribution in [1.82, 2.24) is 10.6 Å². The smallest absolute Gasteiger partial charge is 0.408 e. The second kappa shape index (κ2) is 5.70. The van der Waals surface area contributed by atoms with Crippen LogP contribution in [0.1, 0.15) is 65.7 Å². The van der Waals surface area contributed by atoms with Gasteiger partial charge in [-0.3, -0.25) is 0 Å². The summed E-state index contributed by atoms with van der Waals surface area (Å²) in [5, 5.41) is 6.71. The third-order valence-corrected chi connectivity index (χ3v) is 4.16. The van der Waals surface area contributed by atoms with E-state index in [1.54, 1.807) is 0 Å². The van der Waals surface area contributed by atoms with Crippen molar-refractivity contribution < 1.29 is 9.53 Å². The second-order valence-electron chi connectivity index (χ2n) is 7.12. The SMILES string of the molecule is CC(C)(C)OC(=O)NC1(CNC2CCCC2)CCC1. The van der Waals surface area contributed by atoms with E-state index in [1.807, 2.05) is 20.8 Å². The van der Waals surface area contributed by atoms with Crippen molar-refractivity contribution >= 4 is 6.09 Å². The molecule has 2 saturated carbocycles. The van der Waals surface area contributed by atoms with Crippen molar-refractivity contribution in [3.8, 4) is 0 Å². The molecule has 110 valence electrons. The Balaban J connectivity index is 1.79. The van der Waals surface area contributed by atoms with Crippen molar-refractivity contribution in [3.63, 3.8) is 0 Å². The van der Waals surface area contributed by atoms with E-state index < -0.39 is 5.60 Å². The molecule has 0 saturated heterocycles. The molecule has 0 radical (unpaired) electrons. The fourth-order valence-corrected chi connectivity index (χ4v) is 2.94. The molecule has 19 heavy (non-hydrogen) atoms. The van der Waals surface area contributed by atoms with E-state index in [9.17, 15) is 4.79 Å². The van der Waals surface area contributed by atoms with Crippen LogP contribution in [0, 0.1) is 0 Å². The van der Waals surface area contributed by atoms with Crippen LogP contribution in [0.3, 0.4) is 0 Å². The minimum atomic E-state index is -0.423. The van der Waals surface area contributed by atoms with Gasteiger partial charge in [0.25, 0.3) is 0 Å². The van der Waals surface area contributed by atoms with Gasteiger partial charge in [0, 0.05) is 12.6 Å². The number of hydrogen-bond acceptors (Lipinski definition) is 3. The molecule has 0 spiro atoms. The van der Waals surface area contributed by atoms with Gasteiger partial charge in [-0.1, -0.05) is 12.8 Å². The lowest BCUT2D eigenvalue weighted by Gasteiger charge is -2.43. The van der Waals surface area contributed by atoms with Crippen LogP contribution in [0.25, 0.3) is 0 Å². The lowest BCUT2D eigenvalue weighted by molar-refractivity contribution is 0.0379. The van der Waals surface area contributed by atoms with Gasteiger partial charge in [0.15, 0.2) is 0 Å². The third kappa shape index (κ3) is 4.37. The van der Waals surface area contributed by atoms with Crippen molar-refractivity contribution in [2.24, 2.45) is 0 Å². The molecule has 1 amide bonds. The lowest BCUT2D eigenvalue weighted by atomic mass is 9.76. The average molecular weight is 268 g/mol. The molecule has 0 aromatic heterocycles. The van der Waals surface area contributed by atoms with E-state index in [1.165, 1.54) is 32.1 Å². The summed E-state index contributed by atoms with van der Waals surface area (Å²) in [5.74, 6) is 0. The summed E-state index contributed by atoms with van der Waals surface area (Å²) in [6, 6.07) is 0.651. The van der Waals surface area contributed by atoms with Gasteiger partial charge < -0.3 is 15.4 Å². The fraction of sp³-hybridized carbons (Fsp3) is 0.933. The summed E-state index contributed by atoms with van der Waals surface area (Å²) >= 11 is 0. The fourth-order valence-electron chi connectivity index (χ4n) is 2.94. The molecule has 2 N–H and O–H groups in total. The number of rotatable bonds is 4. The molecule has 2 fully saturated rings. The summed E-state index contributed by atoms with van der Waals surface area (Å²) < 4.78 is 5.36. The van der Waals surface area contributed by atoms with E-state index in [-0.39, 0.29) is 11.6 Å². The predicted octanol–water partition coefficient (Wildman–Crippen LogP) is 2.97. The maximum atomic E-state index is 11.9. The maximum Gasteiger partial charge on any atom is 0.408 e. The molecule has 0 bridgehead atoms. The number of alkyl carbamates (subject to hydrolysis) is 1. The van der Waals surface area contributed by atoms with Crippen LogP contribution < -0.4 is 10.6 Å². The van der Waals surface area contributed by atoms with E-state index in [4.69, 9.17) is 4.74 Å². The van der Waals surface area contributed by atoms with Crippen LogP contribution >= 0.6 is 0 Å². The van der Waals surface area contributed by atoms with Crippen molar-refractivity contribution in [1.29, 1.82) is 0 Å². The normalized spacial score (nSPS) is 22.9. The van der Waals surface area contributed by atoms with Crippen LogP contribution in [0.2, 0.25) is 0 Å². The second-order valence-corrected chi connectivity index (χ2v) is 7.12. The average Bonchev–Trinajstić information content (AvgIpc) is 2.71. The van der Waals surface area contributed by atoms with Gasteiger partial charge >= 0.3 is 6.09 Å². The zero-order valence-corrected chi connectivity index (χ0v) is 12.6. The Morgan fingerprint density at radius 2 is 1.84 bits per heavy atom. The number of carbonyl (C=O) groups excluding carboxylic acids is 1. The Labute approximate surface area is 116 Å². The molecule has 2 aliphatic rings. The molecule has 0 aromatic rings. The van der Waals surface area contributed by atoms with Gasteiger partial charge in [0.05, 0.1) is 5.54 Å². The van der Waals surface area contributed by atoms with Gasteiger partial charge in [0.1, 0.15) is 5.60 Å². The van der Waals surface area contributed by atoms with Crippen molar-refractivity contribution in [2.75, 3.05) is 6.54 Å². The van der Waals surface area contributed by atoms with Gasteiger partial charge in [-0.2, -0.15) is 0 Å². The van der Waals surface area contributed by atoms with Crippen LogP contribution in [-0.4, -0.2) is 29.8 Å². The number of carbonyl (C=O) groups is 1. The molecule has 0 unspecified atom stereocenters. The summed E-state index contributed by atoms with van der Waals surface area (Å²) in [6.07, 6.45) is 8.28. The monoisotopic (exact) mass is 268 g/mol. The first-order valence-corrected chi connectivity index (χ1v) is 7.63. The van der Waals surface area contributed by atoms with E-state index in [0.29, 0.717) is 6.04 Å². The molecule has 0 aliphatic heterocycles. The molecule has 2 rings (SSSR count). The van der Waals surface area contributed by atoms with Crippen molar-refractivity contribution in [3.05, 3.63) is 0 Å². The minimum absolute atomic E-state index is 0.0646. The highest BCUT2D eigenvalue weighted by Crippen LogP contribution is 2.32. The van der Waals surface area contributed by atoms with Crippen LogP contribution in [0.4, 0.5) is 4.79 Å². The first-order valence-electron chi connectivity index (χ1n) is 7.63. The quantitative estimate of drug-likeness (QED) is 0.824. The summed E-state index contributed by atoms with van der Waals surface area (Å²) in [6.45, 7) is 6.58. The van der Waals surface area contributed by atoms with E-state index in [2.05, 4.69) is 10.6 Å². The van der Waals surface area contributed by atoms with E-state index >= 15 is 0 Å². The molecular weight excluding hydrogens is 240 g/mol. The summed E-state index contributed by atoms with van der Waals surface area (Å²) in [4.78, 5) is 11.9. The standard InChI is InChI=1S/C15H28N2O2/c1-14(2,3)19-13(18)17-15(9-6-10-15)11-16-12-7-4-5-8-12/h12,16H,4-11H2,1-3H3,(H,17,18). The zero-order chi connectivity index (χ0) is 13.9. The Hall–Kier alpha value is -0.770.